The Morgan fingerprint density at radius 3 is 2.39 bits per heavy atom. The Morgan fingerprint density at radius 1 is 1.08 bits per heavy atom. The number of imide groups is 1. The van der Waals surface area contributed by atoms with E-state index in [0.29, 0.717) is 16.7 Å². The van der Waals surface area contributed by atoms with Crippen molar-refractivity contribution in [1.29, 1.82) is 0 Å². The van der Waals surface area contributed by atoms with Crippen LogP contribution in [0.1, 0.15) is 47.2 Å². The molecule has 1 fully saturated rings. The number of carbonyl (C=O) groups is 3. The molecule has 2 amide bonds. The standard InChI is InChI=1S/C26H28N4O6/c1-26(2,3)35-25(33)21(36-30-23(31)19-6-4-5-7-20(19)24(30)32)15-34-18-8-9-22-28-17(13-29(22)14-18)10-16-11-27-12-16/h4-9,13-14,16,21,27H,10-12,15H2,1-3H3. The van der Waals surface area contributed by atoms with Crippen LogP contribution in [0.5, 0.6) is 5.75 Å². The van der Waals surface area contributed by atoms with Crippen LogP contribution >= 0.6 is 0 Å². The number of pyridine rings is 1. The van der Waals surface area contributed by atoms with Crippen molar-refractivity contribution in [3.63, 3.8) is 0 Å². The van der Waals surface area contributed by atoms with Crippen LogP contribution in [0.3, 0.4) is 0 Å². The molecule has 1 aromatic carbocycles. The Labute approximate surface area is 208 Å². The van der Waals surface area contributed by atoms with Crippen molar-refractivity contribution in [3.8, 4) is 5.75 Å². The lowest BCUT2D eigenvalue weighted by Crippen LogP contribution is -2.43. The highest BCUT2D eigenvalue weighted by molar-refractivity contribution is 6.20. The lowest BCUT2D eigenvalue weighted by atomic mass is 9.98. The van der Waals surface area contributed by atoms with E-state index < -0.39 is 29.5 Å². The lowest BCUT2D eigenvalue weighted by Gasteiger charge is -2.26. The van der Waals surface area contributed by atoms with Gasteiger partial charge in [0.05, 0.1) is 23.0 Å². The van der Waals surface area contributed by atoms with E-state index in [2.05, 4.69) is 10.3 Å². The monoisotopic (exact) mass is 492 g/mol. The molecule has 2 aliphatic rings. The summed E-state index contributed by atoms with van der Waals surface area (Å²) in [5.41, 5.74) is 1.41. The first-order valence-electron chi connectivity index (χ1n) is 11.9. The van der Waals surface area contributed by atoms with E-state index in [1.807, 2.05) is 16.7 Å². The molecule has 0 bridgehead atoms. The second kappa shape index (κ2) is 9.36. The van der Waals surface area contributed by atoms with Crippen LogP contribution in [0, 0.1) is 5.92 Å². The number of benzene rings is 1. The summed E-state index contributed by atoms with van der Waals surface area (Å²) in [6.45, 7) is 6.88. The average Bonchev–Trinajstić information content (AvgIpc) is 3.31. The van der Waals surface area contributed by atoms with E-state index in [-0.39, 0.29) is 17.7 Å². The summed E-state index contributed by atoms with van der Waals surface area (Å²) < 4.78 is 13.2. The summed E-state index contributed by atoms with van der Waals surface area (Å²) in [6, 6.07) is 9.95. The summed E-state index contributed by atoms with van der Waals surface area (Å²) in [5.74, 6) is -0.966. The highest BCUT2D eigenvalue weighted by Crippen LogP contribution is 2.25. The number of amides is 2. The summed E-state index contributed by atoms with van der Waals surface area (Å²) in [5, 5.41) is 3.86. The number of aromatic nitrogens is 2. The zero-order valence-electron chi connectivity index (χ0n) is 20.4. The second-order valence-corrected chi connectivity index (χ2v) is 9.98. The predicted molar refractivity (Wildman–Crippen MR) is 128 cm³/mol. The number of fused-ring (bicyclic) bond motifs is 2. The summed E-state index contributed by atoms with van der Waals surface area (Å²) in [4.78, 5) is 48.7. The van der Waals surface area contributed by atoms with Gasteiger partial charge in [0.1, 0.15) is 23.6 Å². The molecule has 10 nitrogen and oxygen atoms in total. The third-order valence-corrected chi connectivity index (χ3v) is 5.90. The fraction of sp³-hybridized carbons (Fsp3) is 0.385. The van der Waals surface area contributed by atoms with E-state index in [0.717, 1.165) is 30.9 Å². The predicted octanol–water partition coefficient (Wildman–Crippen LogP) is 2.41. The minimum absolute atomic E-state index is 0.213. The third kappa shape index (κ3) is 4.95. The molecule has 1 atom stereocenters. The summed E-state index contributed by atoms with van der Waals surface area (Å²) >= 11 is 0. The van der Waals surface area contributed by atoms with Crippen molar-refractivity contribution in [3.05, 3.63) is 65.6 Å². The van der Waals surface area contributed by atoms with Crippen molar-refractivity contribution in [1.82, 2.24) is 19.8 Å². The van der Waals surface area contributed by atoms with Crippen LogP contribution < -0.4 is 10.1 Å². The Bertz CT molecular complexity index is 1290. The molecule has 0 radical (unpaired) electrons. The molecule has 0 saturated carbocycles. The number of carbonyl (C=O) groups excluding carboxylic acids is 3. The van der Waals surface area contributed by atoms with Crippen LogP contribution in [0.4, 0.5) is 0 Å². The zero-order valence-corrected chi connectivity index (χ0v) is 20.4. The van der Waals surface area contributed by atoms with Gasteiger partial charge in [0.25, 0.3) is 11.8 Å². The molecule has 1 saturated heterocycles. The molecular weight excluding hydrogens is 464 g/mol. The zero-order chi connectivity index (χ0) is 25.4. The minimum atomic E-state index is -1.36. The molecular formula is C26H28N4O6. The number of rotatable bonds is 8. The third-order valence-electron chi connectivity index (χ3n) is 5.90. The van der Waals surface area contributed by atoms with E-state index in [1.54, 1.807) is 45.2 Å². The smallest absolute Gasteiger partial charge is 0.342 e. The maximum Gasteiger partial charge on any atom is 0.342 e. The van der Waals surface area contributed by atoms with Crippen LogP contribution in [-0.2, 0) is 20.8 Å². The second-order valence-electron chi connectivity index (χ2n) is 9.98. The summed E-state index contributed by atoms with van der Waals surface area (Å²) in [6.07, 6.45) is 3.27. The molecule has 1 N–H and O–H groups in total. The quantitative estimate of drug-likeness (QED) is 0.377. The Morgan fingerprint density at radius 2 is 1.78 bits per heavy atom. The van der Waals surface area contributed by atoms with Gasteiger partial charge in [0.2, 0.25) is 6.10 Å². The van der Waals surface area contributed by atoms with Crippen molar-refractivity contribution < 1.29 is 28.7 Å². The van der Waals surface area contributed by atoms with Crippen molar-refractivity contribution in [2.75, 3.05) is 19.7 Å². The van der Waals surface area contributed by atoms with Gasteiger partial charge in [0, 0.05) is 6.20 Å². The van der Waals surface area contributed by atoms with Gasteiger partial charge in [-0.1, -0.05) is 12.1 Å². The van der Waals surface area contributed by atoms with Crippen LogP contribution in [-0.4, -0.2) is 63.6 Å². The number of hydroxylamine groups is 2. The number of hydrogen-bond acceptors (Lipinski definition) is 8. The van der Waals surface area contributed by atoms with Gasteiger partial charge in [-0.3, -0.25) is 9.59 Å². The topological polar surface area (TPSA) is 111 Å². The van der Waals surface area contributed by atoms with Gasteiger partial charge in [-0.2, -0.15) is 0 Å². The van der Waals surface area contributed by atoms with Crippen LogP contribution in [0.15, 0.2) is 48.8 Å². The highest BCUT2D eigenvalue weighted by atomic mass is 16.7. The van der Waals surface area contributed by atoms with E-state index in [4.69, 9.17) is 14.3 Å². The maximum absolute atomic E-state index is 12.9. The number of hydrogen-bond donors (Lipinski definition) is 1. The first-order chi connectivity index (χ1) is 17.2. The van der Waals surface area contributed by atoms with Crippen molar-refractivity contribution in [2.24, 2.45) is 5.92 Å². The molecule has 36 heavy (non-hydrogen) atoms. The fourth-order valence-electron chi connectivity index (χ4n) is 4.07. The van der Waals surface area contributed by atoms with Gasteiger partial charge in [0.15, 0.2) is 0 Å². The van der Waals surface area contributed by atoms with Gasteiger partial charge in [-0.25, -0.2) is 14.6 Å². The van der Waals surface area contributed by atoms with Gasteiger partial charge < -0.3 is 19.2 Å². The fourth-order valence-corrected chi connectivity index (χ4v) is 4.07. The maximum atomic E-state index is 12.9. The van der Waals surface area contributed by atoms with Crippen molar-refractivity contribution in [2.45, 2.75) is 38.9 Å². The number of nitrogens with one attached hydrogen (secondary N) is 1. The molecule has 0 aliphatic carbocycles. The number of imidazole rings is 1. The number of esters is 1. The molecule has 3 aromatic rings. The number of nitrogens with zero attached hydrogens (tertiary/aromatic N) is 3. The molecule has 4 heterocycles. The van der Waals surface area contributed by atoms with E-state index in [1.165, 1.54) is 12.1 Å². The van der Waals surface area contributed by atoms with Gasteiger partial charge in [-0.15, -0.1) is 5.06 Å². The summed E-state index contributed by atoms with van der Waals surface area (Å²) in [7, 11) is 0. The molecule has 2 aromatic heterocycles. The lowest BCUT2D eigenvalue weighted by molar-refractivity contribution is -0.193. The SMILES string of the molecule is CC(C)(C)OC(=O)C(COc1ccc2nc(CC3CNC3)cn2c1)ON1C(=O)c2ccccc2C1=O. The highest BCUT2D eigenvalue weighted by Gasteiger charge is 2.40. The first kappa shape index (κ1) is 24.0. The molecule has 10 heteroatoms. The van der Waals surface area contributed by atoms with Crippen molar-refractivity contribution >= 4 is 23.4 Å². The normalized spacial score (nSPS) is 16.7. The molecule has 2 aliphatic heterocycles. The van der Waals surface area contributed by atoms with Gasteiger partial charge >= 0.3 is 5.97 Å². The number of ether oxygens (including phenoxy) is 2. The molecule has 1 unspecified atom stereocenters. The molecule has 0 spiro atoms. The van der Waals surface area contributed by atoms with Crippen LogP contribution in [0.2, 0.25) is 0 Å². The minimum Gasteiger partial charge on any atom is -0.489 e. The Hall–Kier alpha value is -3.76. The molecule has 188 valence electrons. The first-order valence-corrected chi connectivity index (χ1v) is 11.9. The Balaban J connectivity index is 1.31. The van der Waals surface area contributed by atoms with E-state index in [9.17, 15) is 14.4 Å². The van der Waals surface area contributed by atoms with E-state index >= 15 is 0 Å². The van der Waals surface area contributed by atoms with Crippen LogP contribution in [0.25, 0.3) is 5.65 Å². The largest absolute Gasteiger partial charge is 0.489 e. The molecule has 5 rings (SSSR count). The average molecular weight is 493 g/mol. The van der Waals surface area contributed by atoms with Gasteiger partial charge in [-0.05, 0) is 70.5 Å². The Kier molecular flexibility index (Phi) is 6.23.